The molecule has 0 saturated carbocycles. The summed E-state index contributed by atoms with van der Waals surface area (Å²) in [5, 5.41) is 6.67. The van der Waals surface area contributed by atoms with Crippen LogP contribution in [0.2, 0.25) is 0 Å². The molecule has 2 unspecified atom stereocenters. The fraction of sp³-hybridized carbons (Fsp3) is 0.667. The van der Waals surface area contributed by atoms with Gasteiger partial charge in [0, 0.05) is 33.4 Å². The first-order chi connectivity index (χ1) is 13.3. The van der Waals surface area contributed by atoms with Gasteiger partial charge in [-0.25, -0.2) is 0 Å². The Morgan fingerprint density at radius 2 is 2.07 bits per heavy atom. The van der Waals surface area contributed by atoms with Crippen molar-refractivity contribution in [1.29, 1.82) is 0 Å². The molecule has 1 aromatic carbocycles. The van der Waals surface area contributed by atoms with Crippen LogP contribution in [0.5, 0.6) is 0 Å². The van der Waals surface area contributed by atoms with E-state index in [2.05, 4.69) is 34.7 Å². The standard InChI is InChI=1S/C21H35N3O3.HI/c1-18(15-26-16-19-8-4-3-5-9-19)14-24-21(22-2)23-11-7-12-25-17-20-10-6-13-27-20;/h3-5,8-9,18,20H,6-7,10-17H2,1-2H3,(H2,22,23,24);1H. The Balaban J connectivity index is 0.00000392. The summed E-state index contributed by atoms with van der Waals surface area (Å²) >= 11 is 0. The molecule has 28 heavy (non-hydrogen) atoms. The third-order valence-electron chi connectivity index (χ3n) is 4.44. The van der Waals surface area contributed by atoms with Gasteiger partial charge in [0.15, 0.2) is 5.96 Å². The fourth-order valence-corrected chi connectivity index (χ4v) is 2.87. The summed E-state index contributed by atoms with van der Waals surface area (Å²) in [5.74, 6) is 1.23. The van der Waals surface area contributed by atoms with Gasteiger partial charge in [-0.1, -0.05) is 37.3 Å². The second-order valence-corrected chi connectivity index (χ2v) is 7.05. The molecule has 1 aliphatic heterocycles. The molecule has 0 radical (unpaired) electrons. The lowest BCUT2D eigenvalue weighted by atomic mass is 10.2. The maximum Gasteiger partial charge on any atom is 0.190 e. The van der Waals surface area contributed by atoms with Crippen LogP contribution >= 0.6 is 24.0 Å². The van der Waals surface area contributed by atoms with Gasteiger partial charge in [-0.15, -0.1) is 24.0 Å². The van der Waals surface area contributed by atoms with E-state index in [1.54, 1.807) is 7.05 Å². The molecule has 0 aliphatic carbocycles. The van der Waals surface area contributed by atoms with Gasteiger partial charge in [-0.3, -0.25) is 4.99 Å². The first-order valence-electron chi connectivity index (χ1n) is 10.0. The van der Waals surface area contributed by atoms with Crippen molar-refractivity contribution in [2.45, 2.75) is 38.9 Å². The number of rotatable bonds is 12. The summed E-state index contributed by atoms with van der Waals surface area (Å²) < 4.78 is 17.0. The number of aliphatic imine (C=N–C) groups is 1. The molecule has 0 spiro atoms. The van der Waals surface area contributed by atoms with Crippen molar-refractivity contribution in [2.75, 3.05) is 46.6 Å². The molecule has 1 saturated heterocycles. The predicted molar refractivity (Wildman–Crippen MR) is 124 cm³/mol. The summed E-state index contributed by atoms with van der Waals surface area (Å²) in [6.07, 6.45) is 3.54. The molecule has 1 aliphatic rings. The van der Waals surface area contributed by atoms with Gasteiger partial charge in [0.2, 0.25) is 0 Å². The molecule has 0 amide bonds. The van der Waals surface area contributed by atoms with Gasteiger partial charge < -0.3 is 24.8 Å². The number of hydrogen-bond donors (Lipinski definition) is 2. The summed E-state index contributed by atoms with van der Waals surface area (Å²) in [7, 11) is 1.79. The van der Waals surface area contributed by atoms with Crippen molar-refractivity contribution in [3.63, 3.8) is 0 Å². The van der Waals surface area contributed by atoms with Crippen molar-refractivity contribution in [3.8, 4) is 0 Å². The molecular weight excluding hydrogens is 469 g/mol. The molecule has 2 atom stereocenters. The van der Waals surface area contributed by atoms with E-state index in [0.29, 0.717) is 25.2 Å². The van der Waals surface area contributed by atoms with E-state index >= 15 is 0 Å². The average Bonchev–Trinajstić information content (AvgIpc) is 3.21. The van der Waals surface area contributed by atoms with Crippen LogP contribution in [0.1, 0.15) is 31.7 Å². The molecule has 1 heterocycles. The molecule has 160 valence electrons. The second kappa shape index (κ2) is 16.0. The minimum Gasteiger partial charge on any atom is -0.379 e. The second-order valence-electron chi connectivity index (χ2n) is 7.05. The Morgan fingerprint density at radius 3 is 2.79 bits per heavy atom. The molecule has 1 fully saturated rings. The van der Waals surface area contributed by atoms with Crippen LogP contribution in [0.4, 0.5) is 0 Å². The lowest BCUT2D eigenvalue weighted by molar-refractivity contribution is 0.0168. The number of benzene rings is 1. The summed E-state index contributed by atoms with van der Waals surface area (Å²) in [6, 6.07) is 10.3. The Kier molecular flexibility index (Phi) is 14.3. The zero-order chi connectivity index (χ0) is 19.2. The highest BCUT2D eigenvalue weighted by molar-refractivity contribution is 14.0. The third kappa shape index (κ3) is 11.2. The van der Waals surface area contributed by atoms with Crippen molar-refractivity contribution >= 4 is 29.9 Å². The lowest BCUT2D eigenvalue weighted by Crippen LogP contribution is -2.40. The lowest BCUT2D eigenvalue weighted by Gasteiger charge is -2.16. The van der Waals surface area contributed by atoms with Gasteiger partial charge in [0.25, 0.3) is 0 Å². The van der Waals surface area contributed by atoms with Crippen LogP contribution in [0, 0.1) is 5.92 Å². The van der Waals surface area contributed by atoms with Crippen molar-refractivity contribution in [3.05, 3.63) is 35.9 Å². The van der Waals surface area contributed by atoms with Gasteiger partial charge >= 0.3 is 0 Å². The van der Waals surface area contributed by atoms with E-state index in [-0.39, 0.29) is 24.0 Å². The monoisotopic (exact) mass is 505 g/mol. The Bertz CT molecular complexity index is 525. The zero-order valence-electron chi connectivity index (χ0n) is 17.2. The molecule has 2 N–H and O–H groups in total. The molecule has 7 heteroatoms. The quantitative estimate of drug-likeness (QED) is 0.198. The van der Waals surface area contributed by atoms with E-state index < -0.39 is 0 Å². The van der Waals surface area contributed by atoms with Crippen LogP contribution < -0.4 is 10.6 Å². The first-order valence-corrected chi connectivity index (χ1v) is 10.0. The molecular formula is C21H36IN3O3. The number of hydrogen-bond acceptors (Lipinski definition) is 4. The summed E-state index contributed by atoms with van der Waals surface area (Å²) in [4.78, 5) is 4.26. The molecule has 6 nitrogen and oxygen atoms in total. The van der Waals surface area contributed by atoms with Crippen LogP contribution in [-0.4, -0.2) is 58.6 Å². The van der Waals surface area contributed by atoms with Gasteiger partial charge in [0.1, 0.15) is 0 Å². The zero-order valence-corrected chi connectivity index (χ0v) is 19.5. The SMILES string of the molecule is CN=C(NCCCOCC1CCCO1)NCC(C)COCc1ccccc1.I. The minimum absolute atomic E-state index is 0. The van der Waals surface area contributed by atoms with Crippen LogP contribution in [0.3, 0.4) is 0 Å². The van der Waals surface area contributed by atoms with E-state index in [1.807, 2.05) is 18.2 Å². The first kappa shape index (κ1) is 25.1. The van der Waals surface area contributed by atoms with E-state index in [4.69, 9.17) is 14.2 Å². The summed E-state index contributed by atoms with van der Waals surface area (Å²) in [6.45, 7) is 7.55. The third-order valence-corrected chi connectivity index (χ3v) is 4.44. The van der Waals surface area contributed by atoms with Crippen LogP contribution in [0.15, 0.2) is 35.3 Å². The topological polar surface area (TPSA) is 64.1 Å². The number of guanidine groups is 1. The average molecular weight is 505 g/mol. The highest BCUT2D eigenvalue weighted by Gasteiger charge is 2.14. The van der Waals surface area contributed by atoms with E-state index in [9.17, 15) is 0 Å². The van der Waals surface area contributed by atoms with Crippen molar-refractivity contribution in [1.82, 2.24) is 10.6 Å². The Labute approximate surface area is 186 Å². The minimum atomic E-state index is 0. The highest BCUT2D eigenvalue weighted by Crippen LogP contribution is 2.11. The maximum atomic E-state index is 5.79. The molecule has 0 aromatic heterocycles. The fourth-order valence-electron chi connectivity index (χ4n) is 2.87. The maximum absolute atomic E-state index is 5.79. The molecule has 1 aromatic rings. The Morgan fingerprint density at radius 1 is 1.25 bits per heavy atom. The van der Waals surface area contributed by atoms with Crippen LogP contribution in [0.25, 0.3) is 0 Å². The van der Waals surface area contributed by atoms with Crippen molar-refractivity contribution < 1.29 is 14.2 Å². The van der Waals surface area contributed by atoms with E-state index in [0.717, 1.165) is 58.1 Å². The van der Waals surface area contributed by atoms with E-state index in [1.165, 1.54) is 5.56 Å². The number of nitrogens with zero attached hydrogens (tertiary/aromatic N) is 1. The van der Waals surface area contributed by atoms with Gasteiger partial charge in [-0.05, 0) is 30.7 Å². The summed E-state index contributed by atoms with van der Waals surface area (Å²) in [5.41, 5.74) is 1.21. The number of halogens is 1. The highest BCUT2D eigenvalue weighted by atomic mass is 127. The predicted octanol–water partition coefficient (Wildman–Crippen LogP) is 3.21. The van der Waals surface area contributed by atoms with Gasteiger partial charge in [0.05, 0.1) is 25.9 Å². The number of nitrogens with one attached hydrogen (secondary N) is 2. The van der Waals surface area contributed by atoms with Gasteiger partial charge in [-0.2, -0.15) is 0 Å². The van der Waals surface area contributed by atoms with Crippen molar-refractivity contribution in [2.24, 2.45) is 10.9 Å². The number of ether oxygens (including phenoxy) is 3. The Hall–Kier alpha value is -0.900. The van der Waals surface area contributed by atoms with Crippen LogP contribution in [-0.2, 0) is 20.8 Å². The normalized spacial score (nSPS) is 17.8. The molecule has 2 rings (SSSR count). The smallest absolute Gasteiger partial charge is 0.190 e. The largest absolute Gasteiger partial charge is 0.379 e. The molecule has 0 bridgehead atoms.